The van der Waals surface area contributed by atoms with Gasteiger partial charge in [-0.05, 0) is 19.4 Å². The summed E-state index contributed by atoms with van der Waals surface area (Å²) in [6.45, 7) is 4.09. The third-order valence-electron chi connectivity index (χ3n) is 2.65. The number of hydrogen-bond donors (Lipinski definition) is 0. The molecule has 1 aliphatic rings. The van der Waals surface area contributed by atoms with Gasteiger partial charge in [0.25, 0.3) is 0 Å². The second-order valence-electron chi connectivity index (χ2n) is 3.72. The van der Waals surface area contributed by atoms with E-state index in [-0.39, 0.29) is 5.97 Å². The van der Waals surface area contributed by atoms with Crippen LogP contribution in [0.25, 0.3) is 0 Å². The fourth-order valence-corrected chi connectivity index (χ4v) is 1.69. The van der Waals surface area contributed by atoms with Crippen molar-refractivity contribution < 1.29 is 14.3 Å². The molecule has 0 aliphatic carbocycles. The van der Waals surface area contributed by atoms with Crippen LogP contribution in [0.2, 0.25) is 0 Å². The van der Waals surface area contributed by atoms with E-state index < -0.39 is 11.7 Å². The molecule has 3 nitrogen and oxygen atoms in total. The molecular weight excluding hydrogens is 192 g/mol. The van der Waals surface area contributed by atoms with E-state index >= 15 is 0 Å². The number of carbonyl (C=O) groups is 1. The Bertz CT molecular complexity index is 360. The Balaban J connectivity index is 2.10. The van der Waals surface area contributed by atoms with Crippen LogP contribution in [0.5, 0.6) is 0 Å². The van der Waals surface area contributed by atoms with Crippen molar-refractivity contribution in [3.8, 4) is 0 Å². The van der Waals surface area contributed by atoms with Gasteiger partial charge in [0.15, 0.2) is 6.10 Å². The van der Waals surface area contributed by atoms with Gasteiger partial charge in [-0.15, -0.1) is 0 Å². The van der Waals surface area contributed by atoms with Crippen LogP contribution in [0.4, 0.5) is 0 Å². The van der Waals surface area contributed by atoms with E-state index in [9.17, 15) is 4.79 Å². The molecule has 1 aromatic rings. The summed E-state index contributed by atoms with van der Waals surface area (Å²) in [5, 5.41) is 0. The molecule has 1 aromatic carbocycles. The third kappa shape index (κ3) is 1.75. The summed E-state index contributed by atoms with van der Waals surface area (Å²) in [5.74, 6) is -0.274. The monoisotopic (exact) mass is 206 g/mol. The van der Waals surface area contributed by atoms with Gasteiger partial charge in [-0.25, -0.2) is 4.79 Å². The SMILES string of the molecule is CCOC(=O)[C@@H]1O[C@@]1(C)c1ccccc1. The fraction of sp³-hybridized carbons (Fsp3) is 0.417. The van der Waals surface area contributed by atoms with Crippen molar-refractivity contribution >= 4 is 5.97 Å². The Morgan fingerprint density at radius 1 is 1.47 bits per heavy atom. The van der Waals surface area contributed by atoms with Crippen LogP contribution in [-0.2, 0) is 19.9 Å². The van der Waals surface area contributed by atoms with Gasteiger partial charge < -0.3 is 9.47 Å². The minimum absolute atomic E-state index is 0.274. The van der Waals surface area contributed by atoms with Gasteiger partial charge in [0, 0.05) is 0 Å². The van der Waals surface area contributed by atoms with Gasteiger partial charge in [-0.3, -0.25) is 0 Å². The first-order valence-electron chi connectivity index (χ1n) is 5.08. The number of hydrogen-bond acceptors (Lipinski definition) is 3. The molecule has 0 radical (unpaired) electrons. The van der Waals surface area contributed by atoms with Gasteiger partial charge in [0.05, 0.1) is 6.61 Å². The molecule has 80 valence electrons. The number of rotatable bonds is 3. The molecule has 0 bridgehead atoms. The van der Waals surface area contributed by atoms with Crippen LogP contribution in [-0.4, -0.2) is 18.7 Å². The number of esters is 1. The van der Waals surface area contributed by atoms with Gasteiger partial charge in [0.2, 0.25) is 0 Å². The van der Waals surface area contributed by atoms with E-state index in [0.29, 0.717) is 6.61 Å². The van der Waals surface area contributed by atoms with Crippen molar-refractivity contribution in [2.75, 3.05) is 6.61 Å². The first-order valence-corrected chi connectivity index (χ1v) is 5.08. The molecule has 0 aromatic heterocycles. The van der Waals surface area contributed by atoms with Crippen molar-refractivity contribution in [3.05, 3.63) is 35.9 Å². The molecule has 1 heterocycles. The van der Waals surface area contributed by atoms with Gasteiger partial charge in [-0.1, -0.05) is 30.3 Å². The average molecular weight is 206 g/mol. The molecule has 15 heavy (non-hydrogen) atoms. The van der Waals surface area contributed by atoms with Crippen LogP contribution in [0.1, 0.15) is 19.4 Å². The van der Waals surface area contributed by atoms with Crippen LogP contribution in [0, 0.1) is 0 Å². The van der Waals surface area contributed by atoms with Crippen molar-refractivity contribution in [1.82, 2.24) is 0 Å². The van der Waals surface area contributed by atoms with Gasteiger partial charge in [0.1, 0.15) is 5.60 Å². The highest BCUT2D eigenvalue weighted by Crippen LogP contribution is 2.46. The molecule has 0 spiro atoms. The molecule has 0 saturated carbocycles. The minimum Gasteiger partial charge on any atom is -0.464 e. The summed E-state index contributed by atoms with van der Waals surface area (Å²) in [6.07, 6.45) is -0.445. The number of benzene rings is 1. The highest BCUT2D eigenvalue weighted by atomic mass is 16.7. The fourth-order valence-electron chi connectivity index (χ4n) is 1.69. The van der Waals surface area contributed by atoms with E-state index in [1.807, 2.05) is 37.3 Å². The lowest BCUT2D eigenvalue weighted by molar-refractivity contribution is -0.144. The second-order valence-corrected chi connectivity index (χ2v) is 3.72. The molecule has 0 N–H and O–H groups in total. The first-order chi connectivity index (χ1) is 7.18. The van der Waals surface area contributed by atoms with Gasteiger partial charge >= 0.3 is 5.97 Å². The van der Waals surface area contributed by atoms with E-state index in [1.165, 1.54) is 0 Å². The second kappa shape index (κ2) is 3.66. The summed E-state index contributed by atoms with van der Waals surface area (Å²) in [7, 11) is 0. The highest BCUT2D eigenvalue weighted by Gasteiger charge is 2.59. The quantitative estimate of drug-likeness (QED) is 0.559. The maximum absolute atomic E-state index is 11.4. The summed E-state index contributed by atoms with van der Waals surface area (Å²) in [5.41, 5.74) is 0.524. The Hall–Kier alpha value is -1.35. The zero-order valence-corrected chi connectivity index (χ0v) is 8.90. The molecule has 0 unspecified atom stereocenters. The summed E-state index contributed by atoms with van der Waals surface area (Å²) >= 11 is 0. The lowest BCUT2D eigenvalue weighted by Gasteiger charge is -2.05. The van der Waals surface area contributed by atoms with Crippen molar-refractivity contribution in [3.63, 3.8) is 0 Å². The normalized spacial score (nSPS) is 28.5. The molecule has 3 heteroatoms. The Morgan fingerprint density at radius 2 is 2.13 bits per heavy atom. The Kier molecular flexibility index (Phi) is 2.49. The average Bonchev–Trinajstić information content (AvgIpc) is 2.94. The molecule has 1 aliphatic heterocycles. The minimum atomic E-state index is -0.493. The number of epoxide rings is 1. The standard InChI is InChI=1S/C12H14O3/c1-3-14-11(13)10-12(2,15-10)9-7-5-4-6-8-9/h4-8,10H,3H2,1-2H3/t10-,12-/m0/s1. The van der Waals surface area contributed by atoms with Crippen LogP contribution >= 0.6 is 0 Å². The zero-order chi connectivity index (χ0) is 10.9. The lowest BCUT2D eigenvalue weighted by atomic mass is 9.97. The predicted octanol–water partition coefficient (Wildman–Crippen LogP) is 1.86. The van der Waals surface area contributed by atoms with Gasteiger partial charge in [-0.2, -0.15) is 0 Å². The number of carbonyl (C=O) groups excluding carboxylic acids is 1. The maximum Gasteiger partial charge on any atom is 0.338 e. The van der Waals surface area contributed by atoms with Crippen molar-refractivity contribution in [2.24, 2.45) is 0 Å². The third-order valence-corrected chi connectivity index (χ3v) is 2.65. The van der Waals surface area contributed by atoms with E-state index in [2.05, 4.69) is 0 Å². The predicted molar refractivity (Wildman–Crippen MR) is 55.3 cm³/mol. The highest BCUT2D eigenvalue weighted by molar-refractivity contribution is 5.79. The molecule has 0 amide bonds. The molecule has 1 saturated heterocycles. The van der Waals surface area contributed by atoms with E-state index in [1.54, 1.807) is 6.92 Å². The Morgan fingerprint density at radius 3 is 2.73 bits per heavy atom. The smallest absolute Gasteiger partial charge is 0.338 e. The zero-order valence-electron chi connectivity index (χ0n) is 8.90. The van der Waals surface area contributed by atoms with Crippen LogP contribution in [0.3, 0.4) is 0 Å². The number of ether oxygens (including phenoxy) is 2. The van der Waals surface area contributed by atoms with Crippen LogP contribution in [0.15, 0.2) is 30.3 Å². The van der Waals surface area contributed by atoms with Crippen molar-refractivity contribution in [2.45, 2.75) is 25.6 Å². The van der Waals surface area contributed by atoms with Crippen molar-refractivity contribution in [1.29, 1.82) is 0 Å². The maximum atomic E-state index is 11.4. The molecule has 1 fully saturated rings. The van der Waals surface area contributed by atoms with E-state index in [0.717, 1.165) is 5.56 Å². The molecular formula is C12H14O3. The first kappa shape index (κ1) is 10.2. The molecule has 2 rings (SSSR count). The summed E-state index contributed by atoms with van der Waals surface area (Å²) in [4.78, 5) is 11.4. The largest absolute Gasteiger partial charge is 0.464 e. The summed E-state index contributed by atoms with van der Waals surface area (Å²) in [6, 6.07) is 9.72. The lowest BCUT2D eigenvalue weighted by Crippen LogP contribution is -2.18. The topological polar surface area (TPSA) is 38.8 Å². The Labute approximate surface area is 89.0 Å². The van der Waals surface area contributed by atoms with Crippen LogP contribution < -0.4 is 0 Å². The molecule has 2 atom stereocenters. The van der Waals surface area contributed by atoms with E-state index in [4.69, 9.17) is 9.47 Å². The summed E-state index contributed by atoms with van der Waals surface area (Å²) < 4.78 is 10.3.